The number of thiophene rings is 1. The molecule has 1 aromatic carbocycles. The van der Waals surface area contributed by atoms with Gasteiger partial charge in [-0.3, -0.25) is 0 Å². The van der Waals surface area contributed by atoms with Gasteiger partial charge in [0.05, 0.1) is 0 Å². The van der Waals surface area contributed by atoms with Crippen molar-refractivity contribution in [3.8, 4) is 0 Å². The van der Waals surface area contributed by atoms with E-state index in [-0.39, 0.29) is 0 Å². The highest BCUT2D eigenvalue weighted by molar-refractivity contribution is 9.10. The molecule has 84 valence electrons. The lowest BCUT2D eigenvalue weighted by atomic mass is 9.99. The van der Waals surface area contributed by atoms with Crippen LogP contribution in [0.25, 0.3) is 0 Å². The summed E-state index contributed by atoms with van der Waals surface area (Å²) in [6.07, 6.45) is -0.626. The lowest BCUT2D eigenvalue weighted by Crippen LogP contribution is -2.01. The van der Waals surface area contributed by atoms with Gasteiger partial charge < -0.3 is 5.11 Å². The van der Waals surface area contributed by atoms with Gasteiger partial charge >= 0.3 is 0 Å². The Hall–Kier alpha value is -0.350. The molecule has 0 saturated heterocycles. The van der Waals surface area contributed by atoms with Crippen molar-refractivity contribution >= 4 is 38.9 Å². The zero-order valence-electron chi connectivity index (χ0n) is 8.58. The van der Waals surface area contributed by atoms with Crippen LogP contribution in [0.3, 0.4) is 0 Å². The van der Waals surface area contributed by atoms with Crippen LogP contribution in [0.1, 0.15) is 22.8 Å². The highest BCUT2D eigenvalue weighted by Gasteiger charge is 2.17. The number of aliphatic hydroxyl groups excluding tert-OH is 1. The molecule has 0 aliphatic carbocycles. The van der Waals surface area contributed by atoms with Gasteiger partial charge in [0.2, 0.25) is 0 Å². The van der Waals surface area contributed by atoms with Crippen LogP contribution < -0.4 is 0 Å². The summed E-state index contributed by atoms with van der Waals surface area (Å²) < 4.78 is 0.935. The Kier molecular flexibility index (Phi) is 3.70. The van der Waals surface area contributed by atoms with E-state index in [1.54, 1.807) is 11.3 Å². The third kappa shape index (κ3) is 2.18. The van der Waals surface area contributed by atoms with Gasteiger partial charge in [0, 0.05) is 20.4 Å². The molecule has 1 nitrogen and oxygen atoms in total. The number of hydrogen-bond acceptors (Lipinski definition) is 2. The summed E-state index contributed by atoms with van der Waals surface area (Å²) in [5.41, 5.74) is 2.66. The van der Waals surface area contributed by atoms with E-state index in [1.165, 1.54) is 0 Å². The minimum absolute atomic E-state index is 0.626. The van der Waals surface area contributed by atoms with Crippen molar-refractivity contribution in [2.75, 3.05) is 0 Å². The van der Waals surface area contributed by atoms with Crippen LogP contribution in [0.5, 0.6) is 0 Å². The molecule has 1 atom stereocenters. The van der Waals surface area contributed by atoms with Crippen molar-refractivity contribution in [1.82, 2.24) is 0 Å². The van der Waals surface area contributed by atoms with E-state index in [2.05, 4.69) is 15.9 Å². The molecule has 1 unspecified atom stereocenters. The Morgan fingerprint density at radius 2 is 2.06 bits per heavy atom. The second-order valence-corrected chi connectivity index (χ2v) is 5.54. The Morgan fingerprint density at radius 1 is 1.31 bits per heavy atom. The first-order valence-corrected chi connectivity index (χ1v) is 6.87. The molecule has 0 aliphatic heterocycles. The van der Waals surface area contributed by atoms with Crippen molar-refractivity contribution in [2.45, 2.75) is 13.0 Å². The summed E-state index contributed by atoms with van der Waals surface area (Å²) in [5, 5.41) is 14.9. The molecule has 0 saturated carbocycles. The number of hydrogen-bond donors (Lipinski definition) is 1. The predicted octanol–water partition coefficient (Wildman–Crippen LogP) is 4.55. The molecule has 2 rings (SSSR count). The summed E-state index contributed by atoms with van der Waals surface area (Å²) in [7, 11) is 0. The fraction of sp³-hybridized carbons (Fsp3) is 0.167. The summed E-state index contributed by atoms with van der Waals surface area (Å²) in [6, 6.07) is 5.58. The van der Waals surface area contributed by atoms with E-state index in [0.717, 1.165) is 21.2 Å². The predicted molar refractivity (Wildman–Crippen MR) is 72.3 cm³/mol. The molecule has 1 aromatic heterocycles. The van der Waals surface area contributed by atoms with Crippen LogP contribution >= 0.6 is 38.9 Å². The first-order valence-electron chi connectivity index (χ1n) is 4.76. The molecule has 16 heavy (non-hydrogen) atoms. The maximum absolute atomic E-state index is 10.3. The van der Waals surface area contributed by atoms with Gasteiger partial charge in [-0.05, 0) is 45.4 Å². The van der Waals surface area contributed by atoms with E-state index >= 15 is 0 Å². The summed E-state index contributed by atoms with van der Waals surface area (Å²) in [5.74, 6) is 0. The first-order chi connectivity index (χ1) is 7.61. The molecule has 0 radical (unpaired) electrons. The summed E-state index contributed by atoms with van der Waals surface area (Å²) in [4.78, 5) is 0. The maximum atomic E-state index is 10.3. The SMILES string of the molecule is Cc1c(Cl)cccc1C(O)c1cscc1Br. The normalized spacial score (nSPS) is 12.8. The third-order valence-electron chi connectivity index (χ3n) is 2.54. The Bertz CT molecular complexity index is 509. The van der Waals surface area contributed by atoms with Crippen molar-refractivity contribution in [3.05, 3.63) is 55.1 Å². The number of aliphatic hydroxyl groups is 1. The zero-order chi connectivity index (χ0) is 11.7. The van der Waals surface area contributed by atoms with Crippen LogP contribution in [-0.4, -0.2) is 5.11 Å². The van der Waals surface area contributed by atoms with Gasteiger partial charge in [0.25, 0.3) is 0 Å². The number of benzene rings is 1. The second-order valence-electron chi connectivity index (χ2n) is 3.53. The van der Waals surface area contributed by atoms with Crippen LogP contribution in [0.15, 0.2) is 33.4 Å². The minimum Gasteiger partial charge on any atom is -0.384 e. The third-order valence-corrected chi connectivity index (χ3v) is 4.70. The van der Waals surface area contributed by atoms with Crippen molar-refractivity contribution < 1.29 is 5.11 Å². The van der Waals surface area contributed by atoms with Gasteiger partial charge in [-0.15, -0.1) is 0 Å². The van der Waals surface area contributed by atoms with Crippen molar-refractivity contribution in [2.24, 2.45) is 0 Å². The number of halogens is 2. The van der Waals surface area contributed by atoms with Crippen molar-refractivity contribution in [3.63, 3.8) is 0 Å². The molecule has 4 heteroatoms. The monoisotopic (exact) mass is 316 g/mol. The average molecular weight is 318 g/mol. The van der Waals surface area contributed by atoms with E-state index in [1.807, 2.05) is 35.9 Å². The van der Waals surface area contributed by atoms with Gasteiger partial charge in [-0.1, -0.05) is 23.7 Å². The molecule has 0 fully saturated rings. The zero-order valence-corrected chi connectivity index (χ0v) is 11.7. The molecule has 2 aromatic rings. The van der Waals surface area contributed by atoms with Gasteiger partial charge in [-0.25, -0.2) is 0 Å². The topological polar surface area (TPSA) is 20.2 Å². The fourth-order valence-corrected chi connectivity index (χ4v) is 3.29. The summed E-state index contributed by atoms with van der Waals surface area (Å²) >= 11 is 11.0. The first kappa shape index (κ1) is 12.1. The molecule has 1 N–H and O–H groups in total. The fourth-order valence-electron chi connectivity index (χ4n) is 1.57. The lowest BCUT2D eigenvalue weighted by Gasteiger charge is -2.14. The molecule has 0 amide bonds. The summed E-state index contributed by atoms with van der Waals surface area (Å²) in [6.45, 7) is 1.92. The average Bonchev–Trinajstić information content (AvgIpc) is 2.68. The van der Waals surface area contributed by atoms with Crippen LogP contribution in [0.2, 0.25) is 5.02 Å². The van der Waals surface area contributed by atoms with Crippen LogP contribution in [0.4, 0.5) is 0 Å². The highest BCUT2D eigenvalue weighted by atomic mass is 79.9. The number of rotatable bonds is 2. The quantitative estimate of drug-likeness (QED) is 0.861. The van der Waals surface area contributed by atoms with Crippen LogP contribution in [-0.2, 0) is 0 Å². The molecule has 0 bridgehead atoms. The standard InChI is InChI=1S/C12H10BrClOS/c1-7-8(3-2-4-11(7)14)12(15)9-5-16-6-10(9)13/h2-6,12,15H,1H3. The minimum atomic E-state index is -0.626. The maximum Gasteiger partial charge on any atom is 0.106 e. The van der Waals surface area contributed by atoms with Gasteiger partial charge in [0.1, 0.15) is 6.10 Å². The van der Waals surface area contributed by atoms with Gasteiger partial charge in [0.15, 0.2) is 0 Å². The van der Waals surface area contributed by atoms with E-state index < -0.39 is 6.10 Å². The molecule has 0 aliphatic rings. The smallest absolute Gasteiger partial charge is 0.106 e. The Labute approximate surface area is 112 Å². The lowest BCUT2D eigenvalue weighted by molar-refractivity contribution is 0.219. The molecule has 0 spiro atoms. The second kappa shape index (κ2) is 4.88. The van der Waals surface area contributed by atoms with Crippen LogP contribution in [0, 0.1) is 6.92 Å². The largest absolute Gasteiger partial charge is 0.384 e. The van der Waals surface area contributed by atoms with E-state index in [0.29, 0.717) is 5.02 Å². The van der Waals surface area contributed by atoms with E-state index in [4.69, 9.17) is 11.6 Å². The molecular weight excluding hydrogens is 308 g/mol. The molecular formula is C12H10BrClOS. The van der Waals surface area contributed by atoms with E-state index in [9.17, 15) is 5.11 Å². The van der Waals surface area contributed by atoms with Gasteiger partial charge in [-0.2, -0.15) is 11.3 Å². The molecule has 1 heterocycles. The Morgan fingerprint density at radius 3 is 2.69 bits per heavy atom. The Balaban J connectivity index is 2.46. The van der Waals surface area contributed by atoms with Crippen molar-refractivity contribution in [1.29, 1.82) is 0 Å². The highest BCUT2D eigenvalue weighted by Crippen LogP contribution is 2.34.